The molecule has 0 saturated carbocycles. The van der Waals surface area contributed by atoms with Crippen molar-refractivity contribution in [3.63, 3.8) is 0 Å². The first-order chi connectivity index (χ1) is 10.4. The van der Waals surface area contributed by atoms with Crippen LogP contribution in [0, 0.1) is 5.92 Å². The lowest BCUT2D eigenvalue weighted by Crippen LogP contribution is -2.39. The van der Waals surface area contributed by atoms with Crippen molar-refractivity contribution in [3.05, 3.63) is 14.5 Å². The zero-order valence-corrected chi connectivity index (χ0v) is 15.5. The first kappa shape index (κ1) is 17.4. The highest BCUT2D eigenvalue weighted by Gasteiger charge is 2.28. The van der Waals surface area contributed by atoms with E-state index in [2.05, 4.69) is 34.8 Å². The molecule has 0 aliphatic carbocycles. The van der Waals surface area contributed by atoms with Gasteiger partial charge in [-0.2, -0.15) is 0 Å². The number of halogens is 1. The van der Waals surface area contributed by atoms with Crippen LogP contribution in [0.2, 0.25) is 0 Å². The lowest BCUT2D eigenvalue weighted by molar-refractivity contribution is -0.142. The minimum atomic E-state index is -0.171. The summed E-state index contributed by atoms with van der Waals surface area (Å²) in [7, 11) is 1.41. The molecule has 0 aromatic carbocycles. The van der Waals surface area contributed by atoms with Crippen molar-refractivity contribution in [2.75, 3.05) is 20.2 Å². The van der Waals surface area contributed by atoms with E-state index >= 15 is 0 Å². The summed E-state index contributed by atoms with van der Waals surface area (Å²) in [6.07, 6.45) is 2.12. The standard InChI is InChI=1S/C15H21BrN2O3S/c1-9(2)13-12(17-15(16)22-13)14(20)18-6-4-10(5-7-18)8-11(19)21-3/h9-10H,4-8H2,1-3H3. The molecule has 0 unspecified atom stereocenters. The molecule has 0 N–H and O–H groups in total. The van der Waals surface area contributed by atoms with Crippen LogP contribution in [-0.2, 0) is 9.53 Å². The molecule has 5 nitrogen and oxygen atoms in total. The maximum Gasteiger partial charge on any atom is 0.305 e. The van der Waals surface area contributed by atoms with Crippen LogP contribution in [0.4, 0.5) is 0 Å². The smallest absolute Gasteiger partial charge is 0.305 e. The summed E-state index contributed by atoms with van der Waals surface area (Å²) in [5.74, 6) is 0.417. The van der Waals surface area contributed by atoms with Gasteiger partial charge in [0.1, 0.15) is 5.69 Å². The highest BCUT2D eigenvalue weighted by atomic mass is 79.9. The van der Waals surface area contributed by atoms with E-state index in [0.717, 1.165) is 21.6 Å². The predicted octanol–water partition coefficient (Wildman–Crippen LogP) is 3.44. The molecule has 1 aromatic heterocycles. The van der Waals surface area contributed by atoms with Gasteiger partial charge >= 0.3 is 5.97 Å². The minimum absolute atomic E-state index is 0.00201. The lowest BCUT2D eigenvalue weighted by atomic mass is 9.93. The number of hydrogen-bond acceptors (Lipinski definition) is 5. The highest BCUT2D eigenvalue weighted by molar-refractivity contribution is 9.11. The third kappa shape index (κ3) is 4.07. The number of ether oxygens (including phenoxy) is 1. The number of thiazole rings is 1. The molecule has 7 heteroatoms. The Hall–Kier alpha value is -0.950. The van der Waals surface area contributed by atoms with Crippen LogP contribution in [0.25, 0.3) is 0 Å². The Labute approximate surface area is 143 Å². The number of esters is 1. The van der Waals surface area contributed by atoms with Crippen LogP contribution in [0.5, 0.6) is 0 Å². The number of piperidine rings is 1. The Morgan fingerprint density at radius 2 is 2.05 bits per heavy atom. The number of hydrogen-bond donors (Lipinski definition) is 0. The molecule has 1 aliphatic rings. The molecule has 122 valence electrons. The van der Waals surface area contributed by atoms with E-state index in [1.807, 2.05) is 4.90 Å². The van der Waals surface area contributed by atoms with Crippen LogP contribution < -0.4 is 0 Å². The average molecular weight is 389 g/mol. The molecule has 1 fully saturated rings. The number of likely N-dealkylation sites (tertiary alicyclic amines) is 1. The summed E-state index contributed by atoms with van der Waals surface area (Å²) in [6, 6.07) is 0. The highest BCUT2D eigenvalue weighted by Crippen LogP contribution is 2.31. The van der Waals surface area contributed by atoms with Gasteiger partial charge in [0.15, 0.2) is 3.92 Å². The van der Waals surface area contributed by atoms with Gasteiger partial charge in [-0.1, -0.05) is 13.8 Å². The van der Waals surface area contributed by atoms with Crippen LogP contribution in [0.1, 0.15) is 54.4 Å². The number of methoxy groups -OCH3 is 1. The fraction of sp³-hybridized carbons (Fsp3) is 0.667. The molecule has 0 atom stereocenters. The minimum Gasteiger partial charge on any atom is -0.469 e. The summed E-state index contributed by atoms with van der Waals surface area (Å²) in [5, 5.41) is 0. The Morgan fingerprint density at radius 3 is 2.59 bits per heavy atom. The van der Waals surface area contributed by atoms with Crippen molar-refractivity contribution in [3.8, 4) is 0 Å². The predicted molar refractivity (Wildman–Crippen MR) is 89.2 cm³/mol. The van der Waals surface area contributed by atoms with Gasteiger partial charge in [-0.3, -0.25) is 9.59 Å². The van der Waals surface area contributed by atoms with Gasteiger partial charge in [0, 0.05) is 24.4 Å². The van der Waals surface area contributed by atoms with E-state index in [1.165, 1.54) is 18.4 Å². The van der Waals surface area contributed by atoms with Crippen molar-refractivity contribution < 1.29 is 14.3 Å². The van der Waals surface area contributed by atoms with Crippen molar-refractivity contribution in [2.45, 2.75) is 39.0 Å². The van der Waals surface area contributed by atoms with Gasteiger partial charge in [-0.15, -0.1) is 11.3 Å². The second kappa shape index (κ2) is 7.55. The van der Waals surface area contributed by atoms with E-state index in [1.54, 1.807) is 0 Å². The number of carbonyl (C=O) groups excluding carboxylic acids is 2. The lowest BCUT2D eigenvalue weighted by Gasteiger charge is -2.31. The van der Waals surface area contributed by atoms with Crippen LogP contribution in [0.15, 0.2) is 3.92 Å². The third-order valence-corrected chi connectivity index (χ3v) is 5.75. The SMILES string of the molecule is COC(=O)CC1CCN(C(=O)c2nc(Br)sc2C(C)C)CC1. The molecule has 2 heterocycles. The van der Waals surface area contributed by atoms with Gasteiger partial charge in [0.05, 0.1) is 7.11 Å². The van der Waals surface area contributed by atoms with Crippen molar-refractivity contribution in [2.24, 2.45) is 5.92 Å². The molecule has 1 amide bonds. The van der Waals surface area contributed by atoms with E-state index in [4.69, 9.17) is 4.74 Å². The second-order valence-corrected chi connectivity index (χ2v) is 8.16. The average Bonchev–Trinajstić information content (AvgIpc) is 2.89. The molecule has 2 rings (SSSR count). The quantitative estimate of drug-likeness (QED) is 0.741. The van der Waals surface area contributed by atoms with E-state index in [9.17, 15) is 9.59 Å². The molecule has 0 bridgehead atoms. The zero-order valence-electron chi connectivity index (χ0n) is 13.1. The molecule has 1 aromatic rings. The second-order valence-electron chi connectivity index (χ2n) is 5.85. The molecular weight excluding hydrogens is 368 g/mol. The van der Waals surface area contributed by atoms with Crippen molar-refractivity contribution in [1.82, 2.24) is 9.88 Å². The molecule has 22 heavy (non-hydrogen) atoms. The largest absolute Gasteiger partial charge is 0.469 e. The molecule has 0 spiro atoms. The van der Waals surface area contributed by atoms with Gasteiger partial charge in [-0.05, 0) is 40.6 Å². The molecule has 1 aliphatic heterocycles. The maximum atomic E-state index is 12.7. The summed E-state index contributed by atoms with van der Waals surface area (Å²) in [4.78, 5) is 31.2. The summed E-state index contributed by atoms with van der Waals surface area (Å²) in [6.45, 7) is 5.49. The van der Waals surface area contributed by atoms with Crippen LogP contribution >= 0.6 is 27.3 Å². The number of amides is 1. The Bertz CT molecular complexity index is 551. The molecule has 0 radical (unpaired) electrons. The van der Waals surface area contributed by atoms with Crippen LogP contribution in [-0.4, -0.2) is 42.0 Å². The summed E-state index contributed by atoms with van der Waals surface area (Å²) < 4.78 is 5.46. The van der Waals surface area contributed by atoms with Gasteiger partial charge in [0.2, 0.25) is 0 Å². The van der Waals surface area contributed by atoms with E-state index < -0.39 is 0 Å². The van der Waals surface area contributed by atoms with Gasteiger partial charge < -0.3 is 9.64 Å². The maximum absolute atomic E-state index is 12.7. The molecule has 1 saturated heterocycles. The third-order valence-electron chi connectivity index (χ3n) is 3.94. The normalized spacial score (nSPS) is 16.1. The van der Waals surface area contributed by atoms with Crippen molar-refractivity contribution >= 4 is 39.1 Å². The first-order valence-electron chi connectivity index (χ1n) is 7.44. The number of nitrogens with zero attached hydrogens (tertiary/aromatic N) is 2. The summed E-state index contributed by atoms with van der Waals surface area (Å²) in [5.41, 5.74) is 0.568. The van der Waals surface area contributed by atoms with Crippen LogP contribution in [0.3, 0.4) is 0 Å². The topological polar surface area (TPSA) is 59.5 Å². The Kier molecular flexibility index (Phi) is 5.97. The van der Waals surface area contributed by atoms with E-state index in [-0.39, 0.29) is 17.8 Å². The van der Waals surface area contributed by atoms with E-state index in [0.29, 0.717) is 31.1 Å². The van der Waals surface area contributed by atoms with Gasteiger partial charge in [-0.25, -0.2) is 4.98 Å². The number of rotatable bonds is 4. The first-order valence-corrected chi connectivity index (χ1v) is 9.05. The monoisotopic (exact) mass is 388 g/mol. The fourth-order valence-corrected chi connectivity index (χ4v) is 4.14. The van der Waals surface area contributed by atoms with Gasteiger partial charge in [0.25, 0.3) is 5.91 Å². The number of aromatic nitrogens is 1. The Balaban J connectivity index is 1.99. The fourth-order valence-electron chi connectivity index (χ4n) is 2.66. The summed E-state index contributed by atoms with van der Waals surface area (Å²) >= 11 is 4.90. The Morgan fingerprint density at radius 1 is 1.41 bits per heavy atom. The number of carbonyl (C=O) groups is 2. The zero-order chi connectivity index (χ0) is 16.3. The van der Waals surface area contributed by atoms with Crippen molar-refractivity contribution in [1.29, 1.82) is 0 Å². The molecular formula is C15H21BrN2O3S.